The first kappa shape index (κ1) is 36.9. The van der Waals surface area contributed by atoms with E-state index in [4.69, 9.17) is 0 Å². The van der Waals surface area contributed by atoms with Gasteiger partial charge in [-0.2, -0.15) is 0 Å². The number of hydrogen-bond donors (Lipinski definition) is 0. The third-order valence-corrected chi connectivity index (χ3v) is 11.2. The van der Waals surface area contributed by atoms with Gasteiger partial charge in [-0.25, -0.2) is 0 Å². The lowest BCUT2D eigenvalue weighted by Gasteiger charge is -2.34. The lowest BCUT2D eigenvalue weighted by molar-refractivity contribution is 0.445. The van der Waals surface area contributed by atoms with E-state index in [1.165, 1.54) is 98.9 Å². The molecule has 5 aromatic carbocycles. The van der Waals surface area contributed by atoms with Crippen molar-refractivity contribution in [2.45, 2.75) is 143 Å². The van der Waals surface area contributed by atoms with E-state index in [-0.39, 0.29) is 21.7 Å². The molecule has 0 aromatic heterocycles. The topological polar surface area (TPSA) is 3.24 Å². The van der Waals surface area contributed by atoms with E-state index >= 15 is 0 Å². The second-order valence-corrected chi connectivity index (χ2v) is 19.5. The van der Waals surface area contributed by atoms with E-state index in [9.17, 15) is 0 Å². The maximum Gasteiger partial charge on any atom is 0.0540 e. The molecule has 0 radical (unpaired) electrons. The minimum absolute atomic E-state index is 0.00441. The molecule has 1 saturated carbocycles. The molecule has 1 aliphatic carbocycles. The van der Waals surface area contributed by atoms with Crippen LogP contribution in [0.15, 0.2) is 97.1 Å². The Bertz CT molecular complexity index is 1860. The van der Waals surface area contributed by atoms with Crippen molar-refractivity contribution in [2.24, 2.45) is 0 Å². The molecule has 0 saturated heterocycles. The fourth-order valence-electron chi connectivity index (χ4n) is 7.88. The van der Waals surface area contributed by atoms with Gasteiger partial charge < -0.3 is 4.90 Å². The zero-order chi connectivity index (χ0) is 36.9. The fraction of sp³-hybridized carbons (Fsp3) is 0.440. The van der Waals surface area contributed by atoms with E-state index in [1.54, 1.807) is 0 Å². The van der Waals surface area contributed by atoms with Crippen molar-refractivity contribution < 1.29 is 0 Å². The van der Waals surface area contributed by atoms with Gasteiger partial charge in [0.1, 0.15) is 0 Å². The summed E-state index contributed by atoms with van der Waals surface area (Å²) in [6.07, 6.45) is 6.58. The molecule has 0 atom stereocenters. The van der Waals surface area contributed by atoms with Gasteiger partial charge in [-0.1, -0.05) is 169 Å². The number of rotatable bonds is 5. The summed E-state index contributed by atoms with van der Waals surface area (Å²) in [5.74, 6) is 0.613. The molecule has 0 aliphatic heterocycles. The van der Waals surface area contributed by atoms with Gasteiger partial charge in [-0.3, -0.25) is 0 Å². The molecule has 1 fully saturated rings. The van der Waals surface area contributed by atoms with Crippen molar-refractivity contribution in [1.82, 2.24) is 0 Å². The van der Waals surface area contributed by atoms with Crippen LogP contribution >= 0.6 is 0 Å². The van der Waals surface area contributed by atoms with Crippen LogP contribution in [0.3, 0.4) is 0 Å². The summed E-state index contributed by atoms with van der Waals surface area (Å²) in [6.45, 7) is 28.1. The first-order chi connectivity index (χ1) is 23.8. The van der Waals surface area contributed by atoms with E-state index in [2.05, 4.69) is 185 Å². The highest BCUT2D eigenvalue weighted by molar-refractivity contribution is 6.03. The largest absolute Gasteiger partial charge is 0.310 e. The molecule has 51 heavy (non-hydrogen) atoms. The SMILES string of the molecule is CC(C)(C)c1cc(N(c2cc(C(C)(C)C)cc(C(C)(C)C)c2)c2ccccc2-c2cccc3cccc(C4CCCCC4)c23)cc(C(C)(C)C)c1. The standard InChI is InChI=1S/C50H63N/c1-47(2,3)36-28-37(48(4,5)6)31-40(30-36)51(41-32-38(49(7,8)9)29-39(33-41)50(10,11)12)45-27-17-16-24-43(45)44-26-19-23-35-22-18-25-42(46(35)44)34-20-14-13-15-21-34/h16-19,22-34H,13-15,20-21H2,1-12H3. The van der Waals surface area contributed by atoms with Crippen molar-refractivity contribution in [1.29, 1.82) is 0 Å². The van der Waals surface area contributed by atoms with Gasteiger partial charge in [0.2, 0.25) is 0 Å². The van der Waals surface area contributed by atoms with Crippen molar-refractivity contribution in [3.63, 3.8) is 0 Å². The average molecular weight is 678 g/mol. The lowest BCUT2D eigenvalue weighted by atomic mass is 9.79. The van der Waals surface area contributed by atoms with Crippen molar-refractivity contribution in [3.05, 3.63) is 125 Å². The predicted octanol–water partition coefficient (Wildman–Crippen LogP) is 15.2. The molecule has 0 N–H and O–H groups in total. The number of nitrogens with zero attached hydrogens (tertiary/aromatic N) is 1. The summed E-state index contributed by atoms with van der Waals surface area (Å²) >= 11 is 0. The Morgan fingerprint density at radius 1 is 0.451 bits per heavy atom. The van der Waals surface area contributed by atoms with Crippen LogP contribution in [0.25, 0.3) is 21.9 Å². The summed E-state index contributed by atoms with van der Waals surface area (Å²) < 4.78 is 0. The molecule has 5 aromatic rings. The molecular formula is C50H63N. The van der Waals surface area contributed by atoms with Crippen molar-refractivity contribution in [3.8, 4) is 11.1 Å². The summed E-state index contributed by atoms with van der Waals surface area (Å²) in [6, 6.07) is 37.9. The monoisotopic (exact) mass is 677 g/mol. The second kappa shape index (κ2) is 13.6. The van der Waals surface area contributed by atoms with Gasteiger partial charge >= 0.3 is 0 Å². The molecule has 1 nitrogen and oxygen atoms in total. The third kappa shape index (κ3) is 7.84. The Hall–Kier alpha value is -3.84. The highest BCUT2D eigenvalue weighted by Gasteiger charge is 2.28. The van der Waals surface area contributed by atoms with Crippen LogP contribution in [0.1, 0.15) is 149 Å². The molecule has 0 heterocycles. The molecule has 268 valence electrons. The van der Waals surface area contributed by atoms with Crippen LogP contribution < -0.4 is 4.90 Å². The minimum atomic E-state index is -0.00441. The van der Waals surface area contributed by atoms with Gasteiger partial charge in [0.15, 0.2) is 0 Å². The first-order valence-corrected chi connectivity index (χ1v) is 19.6. The van der Waals surface area contributed by atoms with Gasteiger partial charge in [-0.05, 0) is 115 Å². The molecule has 0 bridgehead atoms. The van der Waals surface area contributed by atoms with Crippen molar-refractivity contribution in [2.75, 3.05) is 4.90 Å². The Morgan fingerprint density at radius 2 is 0.882 bits per heavy atom. The van der Waals surface area contributed by atoms with Gasteiger partial charge in [-0.15, -0.1) is 0 Å². The molecular weight excluding hydrogens is 615 g/mol. The maximum atomic E-state index is 2.59. The van der Waals surface area contributed by atoms with Crippen LogP contribution in [0.4, 0.5) is 17.1 Å². The van der Waals surface area contributed by atoms with E-state index < -0.39 is 0 Å². The molecule has 0 amide bonds. The normalized spacial score (nSPS) is 15.0. The van der Waals surface area contributed by atoms with Crippen LogP contribution in [-0.2, 0) is 21.7 Å². The summed E-state index contributed by atoms with van der Waals surface area (Å²) in [7, 11) is 0. The van der Waals surface area contributed by atoms with E-state index in [0.717, 1.165) is 0 Å². The number of fused-ring (bicyclic) bond motifs is 1. The first-order valence-electron chi connectivity index (χ1n) is 19.6. The van der Waals surface area contributed by atoms with E-state index in [1.807, 2.05) is 0 Å². The van der Waals surface area contributed by atoms with Crippen molar-refractivity contribution >= 4 is 27.8 Å². The highest BCUT2D eigenvalue weighted by Crippen LogP contribution is 2.48. The second-order valence-electron chi connectivity index (χ2n) is 19.5. The van der Waals surface area contributed by atoms with Gasteiger partial charge in [0.25, 0.3) is 0 Å². The summed E-state index contributed by atoms with van der Waals surface area (Å²) in [4.78, 5) is 2.59. The molecule has 6 rings (SSSR count). The van der Waals surface area contributed by atoms with Crippen LogP contribution in [-0.4, -0.2) is 0 Å². The zero-order valence-corrected chi connectivity index (χ0v) is 33.8. The highest BCUT2D eigenvalue weighted by atomic mass is 15.1. The third-order valence-electron chi connectivity index (χ3n) is 11.2. The molecule has 0 spiro atoms. The number of benzene rings is 5. The molecule has 0 unspecified atom stereocenters. The van der Waals surface area contributed by atoms with Crippen LogP contribution in [0.2, 0.25) is 0 Å². The van der Waals surface area contributed by atoms with E-state index in [0.29, 0.717) is 5.92 Å². The Morgan fingerprint density at radius 3 is 1.35 bits per heavy atom. The fourth-order valence-corrected chi connectivity index (χ4v) is 7.88. The van der Waals surface area contributed by atoms with Gasteiger partial charge in [0.05, 0.1) is 5.69 Å². The average Bonchev–Trinajstić information content (AvgIpc) is 3.07. The number of hydrogen-bond acceptors (Lipinski definition) is 1. The number of para-hydroxylation sites is 1. The Balaban J connectivity index is 1.71. The summed E-state index contributed by atoms with van der Waals surface area (Å²) in [5.41, 5.74) is 13.2. The number of anilines is 3. The Kier molecular flexibility index (Phi) is 9.86. The molecule has 1 heteroatoms. The maximum absolute atomic E-state index is 2.59. The quantitative estimate of drug-likeness (QED) is 0.179. The smallest absolute Gasteiger partial charge is 0.0540 e. The van der Waals surface area contributed by atoms with Crippen LogP contribution in [0.5, 0.6) is 0 Å². The lowest BCUT2D eigenvalue weighted by Crippen LogP contribution is -2.21. The Labute approximate surface area is 310 Å². The molecule has 1 aliphatic rings. The predicted molar refractivity (Wildman–Crippen MR) is 225 cm³/mol. The minimum Gasteiger partial charge on any atom is -0.310 e. The zero-order valence-electron chi connectivity index (χ0n) is 33.8. The summed E-state index contributed by atoms with van der Waals surface area (Å²) in [5, 5.41) is 2.77. The van der Waals surface area contributed by atoms with Crippen LogP contribution in [0, 0.1) is 0 Å². The van der Waals surface area contributed by atoms with Gasteiger partial charge in [0, 0.05) is 16.9 Å².